The maximum Gasteiger partial charge on any atom is 0.334 e. The third-order valence-corrected chi connectivity index (χ3v) is 3.74. The van der Waals surface area contributed by atoms with Crippen LogP contribution in [-0.4, -0.2) is 31.8 Å². The third-order valence-electron chi connectivity index (χ3n) is 3.21. The monoisotopic (exact) mass is 343 g/mol. The predicted octanol–water partition coefficient (Wildman–Crippen LogP) is 3.47. The van der Waals surface area contributed by atoms with Gasteiger partial charge < -0.3 is 14.8 Å². The first kappa shape index (κ1) is 17.0. The smallest absolute Gasteiger partial charge is 0.334 e. The van der Waals surface area contributed by atoms with Gasteiger partial charge in [0, 0.05) is 17.3 Å². The predicted molar refractivity (Wildman–Crippen MR) is 83.8 cm³/mol. The van der Waals surface area contributed by atoms with Gasteiger partial charge >= 0.3 is 5.97 Å². The number of hydrogen-bond donors (Lipinski definition) is 1. The second-order valence-corrected chi connectivity index (χ2v) is 5.83. The van der Waals surface area contributed by atoms with Gasteiger partial charge in [-0.2, -0.15) is 0 Å². The molecule has 20 heavy (non-hydrogen) atoms. The molecule has 5 heteroatoms. The van der Waals surface area contributed by atoms with E-state index < -0.39 is 5.54 Å². The standard InChI is InChI=1S/C15H22BrNO3/c1-5-20-14(18)15(10-19-4,11(2)3)17-13-8-6-12(16)7-9-13/h6-9,11,17H,5,10H2,1-4H3. The molecule has 4 nitrogen and oxygen atoms in total. The van der Waals surface area contributed by atoms with Gasteiger partial charge in [0.15, 0.2) is 5.54 Å². The van der Waals surface area contributed by atoms with Gasteiger partial charge in [0.2, 0.25) is 0 Å². The number of carbonyl (C=O) groups excluding carboxylic acids is 1. The fraction of sp³-hybridized carbons (Fsp3) is 0.533. The second-order valence-electron chi connectivity index (χ2n) is 4.91. The molecule has 0 bridgehead atoms. The van der Waals surface area contributed by atoms with Gasteiger partial charge in [0.25, 0.3) is 0 Å². The SMILES string of the molecule is CCOC(=O)C(COC)(Nc1ccc(Br)cc1)C(C)C. The minimum atomic E-state index is -0.890. The Morgan fingerprint density at radius 1 is 1.35 bits per heavy atom. The summed E-state index contributed by atoms with van der Waals surface area (Å²) in [5, 5.41) is 3.28. The summed E-state index contributed by atoms with van der Waals surface area (Å²) >= 11 is 3.39. The van der Waals surface area contributed by atoms with E-state index >= 15 is 0 Å². The third kappa shape index (κ3) is 3.96. The quantitative estimate of drug-likeness (QED) is 0.770. The number of ether oxygens (including phenoxy) is 2. The summed E-state index contributed by atoms with van der Waals surface area (Å²) in [7, 11) is 1.58. The second kappa shape index (κ2) is 7.64. The van der Waals surface area contributed by atoms with Crippen molar-refractivity contribution in [2.75, 3.05) is 25.6 Å². The van der Waals surface area contributed by atoms with Crippen molar-refractivity contribution in [1.29, 1.82) is 0 Å². The van der Waals surface area contributed by atoms with E-state index in [1.165, 1.54) is 0 Å². The van der Waals surface area contributed by atoms with Crippen molar-refractivity contribution >= 4 is 27.6 Å². The molecule has 0 aliphatic heterocycles. The molecule has 0 amide bonds. The number of anilines is 1. The van der Waals surface area contributed by atoms with Crippen LogP contribution in [0.4, 0.5) is 5.69 Å². The number of rotatable bonds is 7. The summed E-state index contributed by atoms with van der Waals surface area (Å²) < 4.78 is 11.5. The molecule has 0 saturated heterocycles. The first-order valence-electron chi connectivity index (χ1n) is 6.66. The first-order chi connectivity index (χ1) is 9.46. The molecule has 0 spiro atoms. The van der Waals surface area contributed by atoms with Crippen molar-refractivity contribution in [1.82, 2.24) is 0 Å². The Morgan fingerprint density at radius 3 is 2.40 bits per heavy atom. The molecule has 0 radical (unpaired) electrons. The largest absolute Gasteiger partial charge is 0.464 e. The van der Waals surface area contributed by atoms with Gasteiger partial charge in [-0.25, -0.2) is 4.79 Å². The van der Waals surface area contributed by atoms with Crippen LogP contribution in [-0.2, 0) is 14.3 Å². The van der Waals surface area contributed by atoms with Gasteiger partial charge in [-0.3, -0.25) is 0 Å². The molecular formula is C15H22BrNO3. The molecule has 1 aromatic carbocycles. The lowest BCUT2D eigenvalue weighted by Gasteiger charge is -2.36. The highest BCUT2D eigenvalue weighted by molar-refractivity contribution is 9.10. The van der Waals surface area contributed by atoms with E-state index in [0.29, 0.717) is 6.61 Å². The van der Waals surface area contributed by atoms with E-state index in [1.54, 1.807) is 14.0 Å². The molecule has 1 unspecified atom stereocenters. The molecular weight excluding hydrogens is 322 g/mol. The van der Waals surface area contributed by atoms with Crippen molar-refractivity contribution in [2.24, 2.45) is 5.92 Å². The number of carbonyl (C=O) groups is 1. The average Bonchev–Trinajstić information content (AvgIpc) is 2.40. The normalized spacial score (nSPS) is 13.9. The van der Waals surface area contributed by atoms with Crippen LogP contribution in [0.25, 0.3) is 0 Å². The lowest BCUT2D eigenvalue weighted by Crippen LogP contribution is -2.55. The summed E-state index contributed by atoms with van der Waals surface area (Å²) in [6, 6.07) is 7.67. The molecule has 0 heterocycles. The van der Waals surface area contributed by atoms with Crippen LogP contribution in [0.3, 0.4) is 0 Å². The van der Waals surface area contributed by atoms with Crippen LogP contribution < -0.4 is 5.32 Å². The average molecular weight is 344 g/mol. The lowest BCUT2D eigenvalue weighted by atomic mass is 9.86. The molecule has 1 atom stereocenters. The minimum absolute atomic E-state index is 0.0187. The lowest BCUT2D eigenvalue weighted by molar-refractivity contribution is -0.152. The molecule has 0 aliphatic carbocycles. The van der Waals surface area contributed by atoms with Crippen molar-refractivity contribution in [2.45, 2.75) is 26.3 Å². The summed E-state index contributed by atoms with van der Waals surface area (Å²) in [4.78, 5) is 12.4. The Labute approximate surface area is 129 Å². The summed E-state index contributed by atoms with van der Waals surface area (Å²) in [5.41, 5.74) is -0.0366. The molecule has 1 N–H and O–H groups in total. The van der Waals surface area contributed by atoms with Crippen LogP contribution in [0, 0.1) is 5.92 Å². The van der Waals surface area contributed by atoms with E-state index in [1.807, 2.05) is 38.1 Å². The van der Waals surface area contributed by atoms with Crippen molar-refractivity contribution in [3.8, 4) is 0 Å². The van der Waals surface area contributed by atoms with Crippen LogP contribution in [0.2, 0.25) is 0 Å². The zero-order valence-corrected chi connectivity index (χ0v) is 14.0. The van der Waals surface area contributed by atoms with Gasteiger partial charge in [0.1, 0.15) is 0 Å². The van der Waals surface area contributed by atoms with E-state index in [9.17, 15) is 4.79 Å². The molecule has 0 aliphatic rings. The van der Waals surface area contributed by atoms with Crippen LogP contribution in [0.5, 0.6) is 0 Å². The maximum atomic E-state index is 12.4. The number of benzene rings is 1. The topological polar surface area (TPSA) is 47.6 Å². The van der Waals surface area contributed by atoms with Crippen LogP contribution in [0.1, 0.15) is 20.8 Å². The van der Waals surface area contributed by atoms with Crippen molar-refractivity contribution in [3.63, 3.8) is 0 Å². The number of esters is 1. The van der Waals surface area contributed by atoms with E-state index in [0.717, 1.165) is 10.2 Å². The Hall–Kier alpha value is -1.07. The van der Waals surface area contributed by atoms with E-state index in [4.69, 9.17) is 9.47 Å². The molecule has 1 rings (SSSR count). The number of methoxy groups -OCH3 is 1. The van der Waals surface area contributed by atoms with Crippen molar-refractivity contribution < 1.29 is 14.3 Å². The number of nitrogens with one attached hydrogen (secondary N) is 1. The molecule has 1 aromatic rings. The molecule has 0 aromatic heterocycles. The minimum Gasteiger partial charge on any atom is -0.464 e. The fourth-order valence-electron chi connectivity index (χ4n) is 1.97. The summed E-state index contributed by atoms with van der Waals surface area (Å²) in [5.74, 6) is -0.273. The highest BCUT2D eigenvalue weighted by atomic mass is 79.9. The van der Waals surface area contributed by atoms with Gasteiger partial charge in [-0.1, -0.05) is 29.8 Å². The van der Waals surface area contributed by atoms with E-state index in [-0.39, 0.29) is 18.5 Å². The zero-order chi connectivity index (χ0) is 15.2. The zero-order valence-electron chi connectivity index (χ0n) is 12.4. The number of halogens is 1. The van der Waals surface area contributed by atoms with Crippen molar-refractivity contribution in [3.05, 3.63) is 28.7 Å². The summed E-state index contributed by atoms with van der Waals surface area (Å²) in [6.45, 7) is 6.34. The Kier molecular flexibility index (Phi) is 6.49. The Morgan fingerprint density at radius 2 is 1.95 bits per heavy atom. The highest BCUT2D eigenvalue weighted by Gasteiger charge is 2.43. The highest BCUT2D eigenvalue weighted by Crippen LogP contribution is 2.26. The van der Waals surface area contributed by atoms with Gasteiger partial charge in [0.05, 0.1) is 13.2 Å². The van der Waals surface area contributed by atoms with Crippen LogP contribution >= 0.6 is 15.9 Å². The number of hydrogen-bond acceptors (Lipinski definition) is 4. The maximum absolute atomic E-state index is 12.4. The molecule has 0 saturated carbocycles. The van der Waals surface area contributed by atoms with Crippen LogP contribution in [0.15, 0.2) is 28.7 Å². The summed E-state index contributed by atoms with van der Waals surface area (Å²) in [6.07, 6.45) is 0. The van der Waals surface area contributed by atoms with E-state index in [2.05, 4.69) is 21.2 Å². The van der Waals surface area contributed by atoms with Gasteiger partial charge in [-0.05, 0) is 37.1 Å². The van der Waals surface area contributed by atoms with Gasteiger partial charge in [-0.15, -0.1) is 0 Å². The molecule has 0 fully saturated rings. The Bertz CT molecular complexity index is 433. The first-order valence-corrected chi connectivity index (χ1v) is 7.45. The Balaban J connectivity index is 3.07. The molecule has 112 valence electrons. The fourth-order valence-corrected chi connectivity index (χ4v) is 2.24.